The lowest BCUT2D eigenvalue weighted by atomic mass is 10.0. The zero-order valence-electron chi connectivity index (χ0n) is 19.3. The quantitative estimate of drug-likeness (QED) is 0.456. The van der Waals surface area contributed by atoms with E-state index in [1.807, 2.05) is 41.3 Å². The van der Waals surface area contributed by atoms with Crippen LogP contribution >= 0.6 is 0 Å². The fourth-order valence-electron chi connectivity index (χ4n) is 4.45. The van der Waals surface area contributed by atoms with Crippen molar-refractivity contribution in [3.63, 3.8) is 0 Å². The van der Waals surface area contributed by atoms with Gasteiger partial charge < -0.3 is 9.80 Å². The summed E-state index contributed by atoms with van der Waals surface area (Å²) in [7, 11) is 0. The Morgan fingerprint density at radius 1 is 1.00 bits per heavy atom. The van der Waals surface area contributed by atoms with E-state index in [4.69, 9.17) is 5.26 Å². The van der Waals surface area contributed by atoms with Crippen LogP contribution in [-0.2, 0) is 0 Å². The van der Waals surface area contributed by atoms with Gasteiger partial charge in [-0.05, 0) is 66.4 Å². The molecule has 7 nitrogen and oxygen atoms in total. The second kappa shape index (κ2) is 8.91. The van der Waals surface area contributed by atoms with Crippen molar-refractivity contribution in [2.24, 2.45) is 0 Å². The normalized spacial score (nSPS) is 13.7. The Morgan fingerprint density at radius 2 is 1.79 bits per heavy atom. The minimum absolute atomic E-state index is 0.139. The lowest BCUT2D eigenvalue weighted by Crippen LogP contribution is -2.50. The van der Waals surface area contributed by atoms with Crippen LogP contribution in [0.4, 0.5) is 16.3 Å². The number of anilines is 2. The average molecular weight is 451 g/mol. The lowest BCUT2D eigenvalue weighted by molar-refractivity contribution is 0.208. The van der Waals surface area contributed by atoms with Crippen molar-refractivity contribution in [2.75, 3.05) is 36.4 Å². The van der Waals surface area contributed by atoms with E-state index in [-0.39, 0.29) is 6.03 Å². The second-order valence-corrected chi connectivity index (χ2v) is 8.72. The topological polar surface area (TPSA) is 88.0 Å². The van der Waals surface area contributed by atoms with Crippen LogP contribution in [0.3, 0.4) is 0 Å². The number of aryl methyl sites for hydroxylation is 2. The molecule has 2 N–H and O–H groups in total. The monoisotopic (exact) mass is 450 g/mol. The summed E-state index contributed by atoms with van der Waals surface area (Å²) >= 11 is 0. The van der Waals surface area contributed by atoms with E-state index in [0.717, 1.165) is 35.1 Å². The minimum Gasteiger partial charge on any atom is -0.368 e. The molecule has 2 heterocycles. The lowest BCUT2D eigenvalue weighted by Gasteiger charge is -2.36. The Bertz CT molecular complexity index is 1410. The van der Waals surface area contributed by atoms with E-state index in [9.17, 15) is 4.79 Å². The van der Waals surface area contributed by atoms with Gasteiger partial charge in [0.15, 0.2) is 5.82 Å². The highest BCUT2D eigenvalue weighted by Crippen LogP contribution is 2.28. The highest BCUT2D eigenvalue weighted by Gasteiger charge is 2.23. The van der Waals surface area contributed by atoms with Crippen LogP contribution in [0.2, 0.25) is 0 Å². The minimum atomic E-state index is -0.139. The molecule has 1 aliphatic rings. The van der Waals surface area contributed by atoms with Crippen LogP contribution in [-0.4, -0.2) is 47.3 Å². The summed E-state index contributed by atoms with van der Waals surface area (Å²) in [6.07, 6.45) is 0. The van der Waals surface area contributed by atoms with Crippen molar-refractivity contribution in [1.29, 1.82) is 5.26 Å². The molecule has 0 radical (unpaired) electrons. The third-order valence-electron chi connectivity index (χ3n) is 6.39. The average Bonchev–Trinajstić information content (AvgIpc) is 3.27. The predicted molar refractivity (Wildman–Crippen MR) is 135 cm³/mol. The first kappa shape index (κ1) is 21.5. The third kappa shape index (κ3) is 4.18. The Balaban J connectivity index is 1.27. The zero-order chi connectivity index (χ0) is 23.7. The number of hydrogen-bond acceptors (Lipinski definition) is 4. The van der Waals surface area contributed by atoms with Gasteiger partial charge in [-0.1, -0.05) is 30.3 Å². The van der Waals surface area contributed by atoms with Gasteiger partial charge in [-0.3, -0.25) is 10.4 Å². The van der Waals surface area contributed by atoms with E-state index >= 15 is 0 Å². The highest BCUT2D eigenvalue weighted by molar-refractivity contribution is 6.00. The van der Waals surface area contributed by atoms with Gasteiger partial charge in [-0.2, -0.15) is 10.4 Å². The summed E-state index contributed by atoms with van der Waals surface area (Å²) in [5.74, 6) is 0.522. The number of hydrogen-bond donors (Lipinski definition) is 2. The molecular formula is C27H26N6O. The van der Waals surface area contributed by atoms with Crippen molar-refractivity contribution in [3.05, 3.63) is 77.4 Å². The van der Waals surface area contributed by atoms with E-state index in [1.54, 1.807) is 6.07 Å². The molecule has 1 aliphatic heterocycles. The zero-order valence-corrected chi connectivity index (χ0v) is 19.3. The molecule has 170 valence electrons. The number of piperazine rings is 1. The summed E-state index contributed by atoms with van der Waals surface area (Å²) in [4.78, 5) is 17.1. The van der Waals surface area contributed by atoms with Gasteiger partial charge in [-0.25, -0.2) is 4.79 Å². The van der Waals surface area contributed by atoms with Crippen molar-refractivity contribution >= 4 is 28.4 Å². The molecule has 1 fully saturated rings. The van der Waals surface area contributed by atoms with Gasteiger partial charge in [0.2, 0.25) is 0 Å². The molecule has 1 aromatic heterocycles. The number of aromatic amines is 1. The molecule has 0 saturated carbocycles. The van der Waals surface area contributed by atoms with Gasteiger partial charge in [0.25, 0.3) is 0 Å². The number of fused-ring (bicyclic) bond motifs is 1. The summed E-state index contributed by atoms with van der Waals surface area (Å²) in [6, 6.07) is 21.9. The van der Waals surface area contributed by atoms with Crippen LogP contribution in [0.15, 0.2) is 60.7 Å². The van der Waals surface area contributed by atoms with E-state index in [1.165, 1.54) is 16.8 Å². The van der Waals surface area contributed by atoms with E-state index in [2.05, 4.69) is 58.5 Å². The molecule has 0 aliphatic carbocycles. The number of amides is 2. The van der Waals surface area contributed by atoms with E-state index in [0.29, 0.717) is 24.5 Å². The SMILES string of the molecule is Cc1ccc(C)c(N2CCN(C(=O)Nc3n[nH]c4cc(-c5cccc(C#N)c5)ccc34)CC2)c1. The van der Waals surface area contributed by atoms with Gasteiger partial charge >= 0.3 is 6.03 Å². The van der Waals surface area contributed by atoms with Gasteiger partial charge in [0, 0.05) is 37.3 Å². The van der Waals surface area contributed by atoms with Gasteiger partial charge in [-0.15, -0.1) is 0 Å². The fraction of sp³-hybridized carbons (Fsp3) is 0.222. The second-order valence-electron chi connectivity index (χ2n) is 8.72. The molecule has 2 amide bonds. The molecule has 0 bridgehead atoms. The van der Waals surface area contributed by atoms with Crippen LogP contribution in [0.1, 0.15) is 16.7 Å². The Hall–Kier alpha value is -4.31. The Labute approximate surface area is 198 Å². The number of urea groups is 1. The Kier molecular flexibility index (Phi) is 5.64. The summed E-state index contributed by atoms with van der Waals surface area (Å²) in [6.45, 7) is 7.13. The Morgan fingerprint density at radius 3 is 2.59 bits per heavy atom. The molecule has 34 heavy (non-hydrogen) atoms. The molecule has 5 rings (SSSR count). The first-order valence-corrected chi connectivity index (χ1v) is 11.4. The third-order valence-corrected chi connectivity index (χ3v) is 6.39. The number of nitrogens with zero attached hydrogens (tertiary/aromatic N) is 4. The number of benzene rings is 3. The number of nitrogens with one attached hydrogen (secondary N) is 2. The predicted octanol–water partition coefficient (Wildman–Crippen LogP) is 5.07. The number of carbonyl (C=O) groups excluding carboxylic acids is 1. The smallest absolute Gasteiger partial charge is 0.323 e. The van der Waals surface area contributed by atoms with Crippen LogP contribution in [0.5, 0.6) is 0 Å². The molecule has 0 unspecified atom stereocenters. The van der Waals surface area contributed by atoms with Crippen molar-refractivity contribution in [1.82, 2.24) is 15.1 Å². The number of rotatable bonds is 3. The fourth-order valence-corrected chi connectivity index (χ4v) is 4.45. The van der Waals surface area contributed by atoms with Crippen LogP contribution < -0.4 is 10.2 Å². The van der Waals surface area contributed by atoms with Gasteiger partial charge in [0.1, 0.15) is 0 Å². The summed E-state index contributed by atoms with van der Waals surface area (Å²) < 4.78 is 0. The molecule has 4 aromatic rings. The maximum Gasteiger partial charge on any atom is 0.323 e. The number of aromatic nitrogens is 2. The van der Waals surface area contributed by atoms with Crippen molar-refractivity contribution < 1.29 is 4.79 Å². The first-order valence-electron chi connectivity index (χ1n) is 11.4. The highest BCUT2D eigenvalue weighted by atomic mass is 16.2. The molecule has 7 heteroatoms. The molecule has 3 aromatic carbocycles. The van der Waals surface area contributed by atoms with E-state index < -0.39 is 0 Å². The van der Waals surface area contributed by atoms with Gasteiger partial charge in [0.05, 0.1) is 17.1 Å². The molecular weight excluding hydrogens is 424 g/mol. The summed E-state index contributed by atoms with van der Waals surface area (Å²) in [5.41, 5.74) is 7.13. The molecule has 0 atom stereocenters. The first-order chi connectivity index (χ1) is 16.5. The standard InChI is InChI=1S/C27H26N6O/c1-18-6-7-19(2)25(14-18)32-10-12-33(13-11-32)27(34)29-26-23-9-8-22(16-24(23)30-31-26)21-5-3-4-20(15-21)17-28/h3-9,14-16H,10-13H2,1-2H3,(H2,29,30,31,34). The largest absolute Gasteiger partial charge is 0.368 e. The van der Waals surface area contributed by atoms with Crippen molar-refractivity contribution in [3.8, 4) is 17.2 Å². The van der Waals surface area contributed by atoms with Crippen LogP contribution in [0.25, 0.3) is 22.0 Å². The molecule has 1 saturated heterocycles. The summed E-state index contributed by atoms with van der Waals surface area (Å²) in [5, 5.41) is 20.3. The molecule has 0 spiro atoms. The number of nitriles is 1. The maximum absolute atomic E-state index is 12.9. The van der Waals surface area contributed by atoms with Crippen molar-refractivity contribution in [2.45, 2.75) is 13.8 Å². The van der Waals surface area contributed by atoms with Crippen LogP contribution in [0, 0.1) is 25.2 Å². The number of H-pyrrole nitrogens is 1. The maximum atomic E-state index is 12.9. The number of carbonyl (C=O) groups is 1.